The van der Waals surface area contributed by atoms with Crippen molar-refractivity contribution in [1.29, 1.82) is 0 Å². The minimum Gasteiger partial charge on any atom is -0.496 e. The van der Waals surface area contributed by atoms with Crippen LogP contribution in [0.25, 0.3) is 0 Å². The number of methoxy groups -OCH3 is 1. The molecule has 3 N–H and O–H groups in total. The first kappa shape index (κ1) is 12.3. The van der Waals surface area contributed by atoms with E-state index in [1.165, 1.54) is 0 Å². The predicted molar refractivity (Wildman–Crippen MR) is 61.5 cm³/mol. The highest BCUT2D eigenvalue weighted by atomic mass is 35.5. The summed E-state index contributed by atoms with van der Waals surface area (Å²) >= 11 is 6.06. The van der Waals surface area contributed by atoms with Gasteiger partial charge in [-0.2, -0.15) is 0 Å². The van der Waals surface area contributed by atoms with Crippen LogP contribution in [0.1, 0.15) is 22.7 Å². The van der Waals surface area contributed by atoms with Gasteiger partial charge in [0.1, 0.15) is 5.75 Å². The molecule has 84 valence electrons. The number of benzene rings is 1. The van der Waals surface area contributed by atoms with E-state index in [4.69, 9.17) is 27.2 Å². The Bertz CT molecular complexity index is 366. The molecule has 0 fully saturated rings. The summed E-state index contributed by atoms with van der Waals surface area (Å²) in [5, 5.41) is 9.68. The van der Waals surface area contributed by atoms with Crippen LogP contribution in [0.2, 0.25) is 5.02 Å². The standard InChI is InChI=1S/C11H16ClNO2/c1-6-7(2)11(15-3)8(4-9(6)12)10(13)5-14/h4,10,14H,5,13H2,1-3H3. The zero-order chi connectivity index (χ0) is 11.6. The number of nitrogens with two attached hydrogens (primary N) is 1. The summed E-state index contributed by atoms with van der Waals surface area (Å²) in [4.78, 5) is 0. The van der Waals surface area contributed by atoms with Crippen LogP contribution in [0.15, 0.2) is 6.07 Å². The van der Waals surface area contributed by atoms with Crippen LogP contribution in [0.3, 0.4) is 0 Å². The average molecular weight is 230 g/mol. The maximum absolute atomic E-state index is 9.04. The molecule has 1 atom stereocenters. The predicted octanol–water partition coefficient (Wildman–Crippen LogP) is 1.96. The molecule has 0 bridgehead atoms. The molecule has 0 amide bonds. The van der Waals surface area contributed by atoms with Crippen molar-refractivity contribution in [3.63, 3.8) is 0 Å². The van der Waals surface area contributed by atoms with Gasteiger partial charge in [-0.25, -0.2) is 0 Å². The van der Waals surface area contributed by atoms with E-state index in [2.05, 4.69) is 0 Å². The first-order valence-corrected chi connectivity index (χ1v) is 5.10. The Morgan fingerprint density at radius 1 is 1.47 bits per heavy atom. The maximum atomic E-state index is 9.04. The quantitative estimate of drug-likeness (QED) is 0.833. The van der Waals surface area contributed by atoms with Crippen LogP contribution in [0.5, 0.6) is 5.75 Å². The molecular formula is C11H16ClNO2. The van der Waals surface area contributed by atoms with Crippen molar-refractivity contribution >= 4 is 11.6 Å². The molecule has 1 aromatic carbocycles. The summed E-state index contributed by atoms with van der Waals surface area (Å²) in [7, 11) is 1.59. The zero-order valence-electron chi connectivity index (χ0n) is 9.17. The van der Waals surface area contributed by atoms with Crippen molar-refractivity contribution in [2.45, 2.75) is 19.9 Å². The lowest BCUT2D eigenvalue weighted by atomic mass is 10.00. The molecule has 1 rings (SSSR count). The molecule has 1 aromatic rings. The molecule has 0 aliphatic rings. The van der Waals surface area contributed by atoms with Crippen molar-refractivity contribution in [3.05, 3.63) is 27.8 Å². The third kappa shape index (κ3) is 2.25. The van der Waals surface area contributed by atoms with Crippen molar-refractivity contribution in [2.75, 3.05) is 13.7 Å². The first-order chi connectivity index (χ1) is 7.02. The highest BCUT2D eigenvalue weighted by molar-refractivity contribution is 6.31. The molecule has 0 heterocycles. The number of hydrogen-bond donors (Lipinski definition) is 2. The number of ether oxygens (including phenoxy) is 1. The number of halogens is 1. The molecule has 1 unspecified atom stereocenters. The second kappa shape index (κ2) is 4.84. The molecule has 0 aromatic heterocycles. The molecule has 0 saturated carbocycles. The SMILES string of the molecule is COc1c(C(N)CO)cc(Cl)c(C)c1C. The Morgan fingerprint density at radius 2 is 2.07 bits per heavy atom. The second-order valence-corrected chi connectivity index (χ2v) is 3.93. The Hall–Kier alpha value is -0.770. The van der Waals surface area contributed by atoms with Crippen molar-refractivity contribution in [3.8, 4) is 5.75 Å². The van der Waals surface area contributed by atoms with Crippen molar-refractivity contribution < 1.29 is 9.84 Å². The van der Waals surface area contributed by atoms with Crippen LogP contribution in [0, 0.1) is 13.8 Å². The number of rotatable bonds is 3. The molecule has 3 nitrogen and oxygen atoms in total. The number of aliphatic hydroxyl groups is 1. The highest BCUT2D eigenvalue weighted by Gasteiger charge is 2.16. The average Bonchev–Trinajstić information content (AvgIpc) is 2.24. The molecule has 0 spiro atoms. The van der Waals surface area contributed by atoms with Crippen LogP contribution in [-0.4, -0.2) is 18.8 Å². The molecule has 0 aliphatic carbocycles. The van der Waals surface area contributed by atoms with Crippen LogP contribution in [0.4, 0.5) is 0 Å². The van der Waals surface area contributed by atoms with E-state index in [0.717, 1.165) is 16.7 Å². The van der Waals surface area contributed by atoms with Gasteiger partial charge >= 0.3 is 0 Å². The van der Waals surface area contributed by atoms with Gasteiger partial charge in [0.15, 0.2) is 0 Å². The van der Waals surface area contributed by atoms with E-state index in [-0.39, 0.29) is 6.61 Å². The second-order valence-electron chi connectivity index (χ2n) is 3.52. The van der Waals surface area contributed by atoms with E-state index in [1.807, 2.05) is 13.8 Å². The van der Waals surface area contributed by atoms with E-state index in [0.29, 0.717) is 10.8 Å². The van der Waals surface area contributed by atoms with Crippen LogP contribution >= 0.6 is 11.6 Å². The van der Waals surface area contributed by atoms with Gasteiger partial charge in [-0.3, -0.25) is 0 Å². The van der Waals surface area contributed by atoms with Crippen molar-refractivity contribution in [2.24, 2.45) is 5.73 Å². The Balaban J connectivity index is 3.38. The van der Waals surface area contributed by atoms with Crippen LogP contribution < -0.4 is 10.5 Å². The largest absolute Gasteiger partial charge is 0.496 e. The van der Waals surface area contributed by atoms with E-state index >= 15 is 0 Å². The number of aliphatic hydroxyl groups excluding tert-OH is 1. The van der Waals surface area contributed by atoms with Gasteiger partial charge in [0.05, 0.1) is 19.8 Å². The van der Waals surface area contributed by atoms with Crippen LogP contribution in [-0.2, 0) is 0 Å². The lowest BCUT2D eigenvalue weighted by molar-refractivity contribution is 0.264. The normalized spacial score (nSPS) is 12.7. The Labute approximate surface area is 94.8 Å². The minimum atomic E-state index is -0.461. The Kier molecular flexibility index (Phi) is 3.97. The van der Waals surface area contributed by atoms with Gasteiger partial charge in [0, 0.05) is 10.6 Å². The highest BCUT2D eigenvalue weighted by Crippen LogP contribution is 2.34. The fourth-order valence-corrected chi connectivity index (χ4v) is 1.78. The van der Waals surface area contributed by atoms with E-state index in [9.17, 15) is 0 Å². The maximum Gasteiger partial charge on any atom is 0.126 e. The monoisotopic (exact) mass is 229 g/mol. The summed E-state index contributed by atoms with van der Waals surface area (Å²) in [6, 6.07) is 1.29. The van der Waals surface area contributed by atoms with Gasteiger partial charge in [0.25, 0.3) is 0 Å². The summed E-state index contributed by atoms with van der Waals surface area (Å²) in [5.41, 5.74) is 8.45. The van der Waals surface area contributed by atoms with Crippen molar-refractivity contribution in [1.82, 2.24) is 0 Å². The lowest BCUT2D eigenvalue weighted by Crippen LogP contribution is -2.16. The summed E-state index contributed by atoms with van der Waals surface area (Å²) < 4.78 is 5.29. The minimum absolute atomic E-state index is 0.130. The van der Waals surface area contributed by atoms with Gasteiger partial charge in [-0.15, -0.1) is 0 Å². The van der Waals surface area contributed by atoms with Gasteiger partial charge < -0.3 is 15.6 Å². The molecule has 15 heavy (non-hydrogen) atoms. The molecule has 0 aliphatic heterocycles. The molecular weight excluding hydrogens is 214 g/mol. The lowest BCUT2D eigenvalue weighted by Gasteiger charge is -2.18. The summed E-state index contributed by atoms with van der Waals surface area (Å²) in [5.74, 6) is 0.707. The smallest absolute Gasteiger partial charge is 0.126 e. The molecule has 0 radical (unpaired) electrons. The molecule has 0 saturated heterocycles. The first-order valence-electron chi connectivity index (χ1n) is 4.73. The zero-order valence-corrected chi connectivity index (χ0v) is 9.93. The topological polar surface area (TPSA) is 55.5 Å². The number of hydrogen-bond acceptors (Lipinski definition) is 3. The van der Waals surface area contributed by atoms with E-state index < -0.39 is 6.04 Å². The summed E-state index contributed by atoms with van der Waals surface area (Å²) in [6.45, 7) is 3.72. The third-order valence-electron chi connectivity index (χ3n) is 2.61. The van der Waals surface area contributed by atoms with Gasteiger partial charge in [0.2, 0.25) is 0 Å². The fourth-order valence-electron chi connectivity index (χ4n) is 1.52. The third-order valence-corrected chi connectivity index (χ3v) is 3.00. The van der Waals surface area contributed by atoms with Gasteiger partial charge in [-0.05, 0) is 31.0 Å². The Morgan fingerprint density at radius 3 is 2.53 bits per heavy atom. The molecule has 4 heteroatoms. The summed E-state index contributed by atoms with van der Waals surface area (Å²) in [6.07, 6.45) is 0. The van der Waals surface area contributed by atoms with Gasteiger partial charge in [-0.1, -0.05) is 11.6 Å². The van der Waals surface area contributed by atoms with E-state index in [1.54, 1.807) is 13.2 Å². The fraction of sp³-hybridized carbons (Fsp3) is 0.455.